The van der Waals surface area contributed by atoms with Crippen LogP contribution in [0.1, 0.15) is 17.3 Å². The van der Waals surface area contributed by atoms with E-state index in [2.05, 4.69) is 9.98 Å². The number of sulfonamides is 1. The number of hydrogen-bond acceptors (Lipinski definition) is 6. The normalized spacial score (nSPS) is 18.8. The van der Waals surface area contributed by atoms with E-state index in [1.54, 1.807) is 29.2 Å². The lowest BCUT2D eigenvalue weighted by Gasteiger charge is -2.16. The molecule has 7 nitrogen and oxygen atoms in total. The molecule has 1 fully saturated rings. The molecule has 2 heterocycles. The number of amidine groups is 1. The first-order valence-corrected chi connectivity index (χ1v) is 11.1. The first-order valence-electron chi connectivity index (χ1n) is 8.40. The predicted octanol–water partition coefficient (Wildman–Crippen LogP) is 3.25. The second kappa shape index (κ2) is 8.20. The molecule has 0 aliphatic carbocycles. The number of amides is 1. The van der Waals surface area contributed by atoms with Crippen molar-refractivity contribution in [1.29, 1.82) is 0 Å². The summed E-state index contributed by atoms with van der Waals surface area (Å²) in [7, 11) is -0.614. The highest BCUT2D eigenvalue weighted by atomic mass is 35.5. The third kappa shape index (κ3) is 4.38. The Hall–Kier alpha value is -1.94. The molecule has 0 N–H and O–H groups in total. The molecular weight excluding hydrogens is 420 g/mol. The molecule has 1 atom stereocenters. The van der Waals surface area contributed by atoms with E-state index in [0.29, 0.717) is 28.1 Å². The number of hydrogen-bond donors (Lipinski definition) is 0. The molecule has 3 rings (SSSR count). The van der Waals surface area contributed by atoms with Crippen LogP contribution in [0.5, 0.6) is 0 Å². The Morgan fingerprint density at radius 3 is 2.71 bits per heavy atom. The second-order valence-corrected chi connectivity index (χ2v) is 10.3. The highest BCUT2D eigenvalue weighted by Crippen LogP contribution is 2.30. The summed E-state index contributed by atoms with van der Waals surface area (Å²) in [5, 5.41) is 0.997. The summed E-state index contributed by atoms with van der Waals surface area (Å²) in [5.41, 5.74) is 0.877. The zero-order chi connectivity index (χ0) is 20.5. The van der Waals surface area contributed by atoms with Crippen molar-refractivity contribution < 1.29 is 13.2 Å². The van der Waals surface area contributed by atoms with Crippen molar-refractivity contribution in [2.24, 2.45) is 4.99 Å². The van der Waals surface area contributed by atoms with Crippen LogP contribution in [0.4, 0.5) is 5.69 Å². The Kier molecular flexibility index (Phi) is 6.09. The van der Waals surface area contributed by atoms with Gasteiger partial charge in [-0.15, -0.1) is 0 Å². The molecule has 28 heavy (non-hydrogen) atoms. The van der Waals surface area contributed by atoms with Crippen molar-refractivity contribution in [2.45, 2.75) is 17.1 Å². The Labute approximate surface area is 173 Å². The third-order valence-corrected chi connectivity index (χ3v) is 7.13. The smallest absolute Gasteiger partial charge is 0.261 e. The van der Waals surface area contributed by atoms with Crippen molar-refractivity contribution in [3.63, 3.8) is 0 Å². The lowest BCUT2D eigenvalue weighted by molar-refractivity contribution is 0.0855. The lowest BCUT2D eigenvalue weighted by atomic mass is 10.2. The summed E-state index contributed by atoms with van der Waals surface area (Å²) in [5.74, 6) is -0.225. The van der Waals surface area contributed by atoms with Gasteiger partial charge in [0.1, 0.15) is 5.15 Å². The highest BCUT2D eigenvalue weighted by molar-refractivity contribution is 8.14. The molecule has 1 aliphatic rings. The van der Waals surface area contributed by atoms with Crippen LogP contribution in [0.25, 0.3) is 0 Å². The number of benzene rings is 1. The lowest BCUT2D eigenvalue weighted by Crippen LogP contribution is -2.32. The van der Waals surface area contributed by atoms with Crippen molar-refractivity contribution >= 4 is 50.1 Å². The summed E-state index contributed by atoms with van der Waals surface area (Å²) in [4.78, 5) is 23.1. The minimum atomic E-state index is -3.56. The second-order valence-electron chi connectivity index (χ2n) is 6.39. The zero-order valence-electron chi connectivity index (χ0n) is 15.5. The van der Waals surface area contributed by atoms with Crippen molar-refractivity contribution in [3.05, 3.63) is 53.3 Å². The van der Waals surface area contributed by atoms with E-state index in [9.17, 15) is 13.2 Å². The Bertz CT molecular complexity index is 1020. The quantitative estimate of drug-likeness (QED) is 0.684. The Balaban J connectivity index is 1.94. The maximum atomic E-state index is 12.9. The molecule has 2 aromatic rings. The van der Waals surface area contributed by atoms with Gasteiger partial charge in [-0.2, -0.15) is 0 Å². The molecule has 1 aromatic carbocycles. The largest absolute Gasteiger partial charge is 0.286 e. The van der Waals surface area contributed by atoms with E-state index in [1.807, 2.05) is 6.92 Å². The number of aromatic nitrogens is 1. The van der Waals surface area contributed by atoms with Crippen LogP contribution < -0.4 is 0 Å². The van der Waals surface area contributed by atoms with Gasteiger partial charge in [0.15, 0.2) is 5.17 Å². The van der Waals surface area contributed by atoms with Crippen LogP contribution in [0, 0.1) is 0 Å². The van der Waals surface area contributed by atoms with Gasteiger partial charge in [-0.25, -0.2) is 22.7 Å². The van der Waals surface area contributed by atoms with Crippen LogP contribution in [0.15, 0.2) is 52.5 Å². The number of thioether (sulfide) groups is 1. The molecule has 10 heteroatoms. The van der Waals surface area contributed by atoms with Gasteiger partial charge in [0.05, 0.1) is 16.1 Å². The van der Waals surface area contributed by atoms with E-state index in [0.717, 1.165) is 4.31 Å². The third-order valence-electron chi connectivity index (χ3n) is 4.02. The zero-order valence-corrected chi connectivity index (χ0v) is 17.9. The summed E-state index contributed by atoms with van der Waals surface area (Å²) in [6, 6.07) is 9.54. The Morgan fingerprint density at radius 1 is 1.32 bits per heavy atom. The van der Waals surface area contributed by atoms with Crippen LogP contribution >= 0.6 is 23.4 Å². The summed E-state index contributed by atoms with van der Waals surface area (Å²) in [6.45, 7) is 2.50. The molecule has 0 saturated carbocycles. The van der Waals surface area contributed by atoms with Crippen LogP contribution in [0.2, 0.25) is 5.15 Å². The number of nitrogens with zero attached hydrogens (tertiary/aromatic N) is 4. The molecule has 1 aliphatic heterocycles. The summed E-state index contributed by atoms with van der Waals surface area (Å²) in [6.07, 6.45) is 1.43. The van der Waals surface area contributed by atoms with Gasteiger partial charge < -0.3 is 0 Å². The van der Waals surface area contributed by atoms with Gasteiger partial charge in [0.25, 0.3) is 5.91 Å². The first-order chi connectivity index (χ1) is 13.2. The van der Waals surface area contributed by atoms with E-state index in [1.165, 1.54) is 44.2 Å². The van der Waals surface area contributed by atoms with Crippen LogP contribution in [-0.2, 0) is 10.0 Å². The van der Waals surface area contributed by atoms with Crippen molar-refractivity contribution in [3.8, 4) is 0 Å². The van der Waals surface area contributed by atoms with Gasteiger partial charge in [-0.05, 0) is 30.3 Å². The fourth-order valence-electron chi connectivity index (χ4n) is 2.57. The number of pyridine rings is 1. The first kappa shape index (κ1) is 20.8. The van der Waals surface area contributed by atoms with Gasteiger partial charge in [-0.3, -0.25) is 9.69 Å². The monoisotopic (exact) mass is 438 g/mol. The van der Waals surface area contributed by atoms with Gasteiger partial charge in [0, 0.05) is 32.1 Å². The molecule has 1 saturated heterocycles. The average molecular weight is 439 g/mol. The SMILES string of the molecule is CC1CN(C(=O)c2ccc(Cl)nc2)C(=Nc2cccc(S(=O)(=O)N(C)C)c2)S1. The fraction of sp³-hybridized carbons (Fsp3) is 0.278. The van der Waals surface area contributed by atoms with Crippen molar-refractivity contribution in [1.82, 2.24) is 14.2 Å². The van der Waals surface area contributed by atoms with Gasteiger partial charge in [0.2, 0.25) is 10.0 Å². The number of halogens is 1. The summed E-state index contributed by atoms with van der Waals surface area (Å²) >= 11 is 7.26. The minimum Gasteiger partial charge on any atom is -0.286 e. The number of aliphatic imine (C=N–C) groups is 1. The number of rotatable bonds is 4. The molecule has 0 radical (unpaired) electrons. The van der Waals surface area contributed by atoms with Gasteiger partial charge >= 0.3 is 0 Å². The highest BCUT2D eigenvalue weighted by Gasteiger charge is 2.31. The predicted molar refractivity (Wildman–Crippen MR) is 112 cm³/mol. The number of carbonyl (C=O) groups excluding carboxylic acids is 1. The molecule has 1 amide bonds. The van der Waals surface area contributed by atoms with E-state index in [-0.39, 0.29) is 16.1 Å². The Morgan fingerprint density at radius 2 is 2.07 bits per heavy atom. The number of carbonyl (C=O) groups is 1. The van der Waals surface area contributed by atoms with E-state index >= 15 is 0 Å². The molecule has 148 valence electrons. The minimum absolute atomic E-state index is 0.148. The molecule has 1 aromatic heterocycles. The van der Waals surface area contributed by atoms with E-state index in [4.69, 9.17) is 11.6 Å². The molecular formula is C18H19ClN4O3S2. The van der Waals surface area contributed by atoms with Gasteiger partial charge in [-0.1, -0.05) is 36.4 Å². The maximum Gasteiger partial charge on any atom is 0.261 e. The topological polar surface area (TPSA) is 82.9 Å². The van der Waals surface area contributed by atoms with Crippen molar-refractivity contribution in [2.75, 3.05) is 20.6 Å². The fourth-order valence-corrected chi connectivity index (χ4v) is 4.65. The molecule has 1 unspecified atom stereocenters. The van der Waals surface area contributed by atoms with Crippen LogP contribution in [-0.4, -0.2) is 59.6 Å². The summed E-state index contributed by atoms with van der Waals surface area (Å²) < 4.78 is 25.8. The van der Waals surface area contributed by atoms with E-state index < -0.39 is 10.0 Å². The molecule has 0 bridgehead atoms. The maximum absolute atomic E-state index is 12.9. The average Bonchev–Trinajstić information content (AvgIpc) is 3.02. The standard InChI is InChI=1S/C18H19ClN4O3S2/c1-12-11-23(17(24)13-7-8-16(19)20-10-13)18(27-12)21-14-5-4-6-15(9-14)28(25,26)22(2)3/h4-10,12H,11H2,1-3H3. The van der Waals surface area contributed by atoms with Crippen LogP contribution in [0.3, 0.4) is 0 Å². The molecule has 0 spiro atoms.